The van der Waals surface area contributed by atoms with Crippen molar-refractivity contribution in [3.63, 3.8) is 0 Å². The van der Waals surface area contributed by atoms with E-state index in [-0.39, 0.29) is 12.1 Å². The maximum atomic E-state index is 6.14. The first-order valence-electron chi connectivity index (χ1n) is 6.84. The summed E-state index contributed by atoms with van der Waals surface area (Å²) in [5, 5.41) is 0. The zero-order valence-electron chi connectivity index (χ0n) is 11.2. The second-order valence-electron chi connectivity index (χ2n) is 5.21. The molecule has 2 unspecified atom stereocenters. The predicted octanol–water partition coefficient (Wildman–Crippen LogP) is 3.77. The Morgan fingerprint density at radius 1 is 1.16 bits per heavy atom. The van der Waals surface area contributed by atoms with Gasteiger partial charge < -0.3 is 10.5 Å². The van der Waals surface area contributed by atoms with Gasteiger partial charge in [-0.05, 0) is 48.6 Å². The Kier molecular flexibility index (Phi) is 3.26. The van der Waals surface area contributed by atoms with E-state index >= 15 is 0 Å². The van der Waals surface area contributed by atoms with Gasteiger partial charge in [-0.2, -0.15) is 0 Å². The van der Waals surface area contributed by atoms with Crippen LogP contribution in [0.3, 0.4) is 0 Å². The molecular formula is C17H19NO. The molecule has 1 aliphatic carbocycles. The molecule has 2 heteroatoms. The molecule has 0 aromatic heterocycles. The monoisotopic (exact) mass is 253 g/mol. The molecule has 2 aromatic carbocycles. The molecule has 0 saturated heterocycles. The van der Waals surface area contributed by atoms with Crippen molar-refractivity contribution in [2.24, 2.45) is 5.73 Å². The van der Waals surface area contributed by atoms with Gasteiger partial charge in [-0.15, -0.1) is 0 Å². The van der Waals surface area contributed by atoms with Gasteiger partial charge in [-0.3, -0.25) is 0 Å². The van der Waals surface area contributed by atoms with Crippen molar-refractivity contribution in [2.75, 3.05) is 0 Å². The third-order valence-electron chi connectivity index (χ3n) is 3.74. The first-order chi connectivity index (χ1) is 9.24. The molecule has 3 rings (SSSR count). The topological polar surface area (TPSA) is 35.2 Å². The van der Waals surface area contributed by atoms with Gasteiger partial charge in [-0.25, -0.2) is 0 Å². The fourth-order valence-electron chi connectivity index (χ4n) is 2.68. The summed E-state index contributed by atoms with van der Waals surface area (Å²) in [6.45, 7) is 1.99. The number of hydrogen-bond donors (Lipinski definition) is 1. The highest BCUT2D eigenvalue weighted by molar-refractivity contribution is 5.36. The van der Waals surface area contributed by atoms with Crippen molar-refractivity contribution in [3.05, 3.63) is 65.2 Å². The van der Waals surface area contributed by atoms with Crippen molar-refractivity contribution in [1.82, 2.24) is 0 Å². The minimum absolute atomic E-state index is 0.0411. The molecule has 0 aliphatic heterocycles. The van der Waals surface area contributed by atoms with Crippen LogP contribution in [0.2, 0.25) is 0 Å². The van der Waals surface area contributed by atoms with E-state index in [0.29, 0.717) is 0 Å². The number of aryl methyl sites for hydroxylation is 1. The van der Waals surface area contributed by atoms with Gasteiger partial charge in [0.15, 0.2) is 0 Å². The summed E-state index contributed by atoms with van der Waals surface area (Å²) in [7, 11) is 0. The zero-order valence-corrected chi connectivity index (χ0v) is 11.2. The number of rotatable bonds is 3. The number of nitrogens with two attached hydrogens (primary N) is 1. The number of ether oxygens (including phenoxy) is 1. The molecule has 0 fully saturated rings. The molecule has 0 saturated carbocycles. The van der Waals surface area contributed by atoms with E-state index in [1.165, 1.54) is 11.1 Å². The third kappa shape index (κ3) is 2.49. The molecule has 2 nitrogen and oxygen atoms in total. The molecule has 0 spiro atoms. The van der Waals surface area contributed by atoms with Crippen LogP contribution in [0.15, 0.2) is 48.5 Å². The lowest BCUT2D eigenvalue weighted by Crippen LogP contribution is -2.07. The van der Waals surface area contributed by atoms with Crippen LogP contribution in [0.4, 0.5) is 0 Å². The number of benzene rings is 2. The Labute approximate surface area is 114 Å². The first kappa shape index (κ1) is 12.2. The highest BCUT2D eigenvalue weighted by atomic mass is 16.5. The Morgan fingerprint density at radius 2 is 2.00 bits per heavy atom. The second kappa shape index (κ2) is 5.06. The van der Waals surface area contributed by atoms with Gasteiger partial charge in [-0.1, -0.05) is 36.4 Å². The van der Waals surface area contributed by atoms with Crippen LogP contribution < -0.4 is 10.5 Å². The molecule has 2 atom stereocenters. The SMILES string of the molecule is CC(N)c1cccc(OC2CCc3ccccc32)c1. The Balaban J connectivity index is 1.81. The van der Waals surface area contributed by atoms with Gasteiger partial charge in [0.05, 0.1) is 0 Å². The summed E-state index contributed by atoms with van der Waals surface area (Å²) in [5.41, 5.74) is 9.77. The highest BCUT2D eigenvalue weighted by Crippen LogP contribution is 2.35. The average molecular weight is 253 g/mol. The lowest BCUT2D eigenvalue weighted by molar-refractivity contribution is 0.207. The predicted molar refractivity (Wildman–Crippen MR) is 77.2 cm³/mol. The molecule has 0 bridgehead atoms. The molecular weight excluding hydrogens is 234 g/mol. The largest absolute Gasteiger partial charge is 0.486 e. The minimum Gasteiger partial charge on any atom is -0.486 e. The van der Waals surface area contributed by atoms with Crippen LogP contribution in [-0.2, 0) is 6.42 Å². The van der Waals surface area contributed by atoms with Gasteiger partial charge in [0.2, 0.25) is 0 Å². The van der Waals surface area contributed by atoms with Gasteiger partial charge in [0.25, 0.3) is 0 Å². The van der Waals surface area contributed by atoms with Crippen molar-refractivity contribution in [2.45, 2.75) is 31.9 Å². The Bertz CT molecular complexity index is 577. The van der Waals surface area contributed by atoms with Crippen molar-refractivity contribution in [1.29, 1.82) is 0 Å². The van der Waals surface area contributed by atoms with E-state index in [1.807, 2.05) is 31.2 Å². The summed E-state index contributed by atoms with van der Waals surface area (Å²) in [4.78, 5) is 0. The minimum atomic E-state index is 0.0411. The van der Waals surface area contributed by atoms with Crippen LogP contribution in [0.1, 0.15) is 42.2 Å². The van der Waals surface area contributed by atoms with E-state index in [4.69, 9.17) is 10.5 Å². The first-order valence-corrected chi connectivity index (χ1v) is 6.84. The summed E-state index contributed by atoms with van der Waals surface area (Å²) >= 11 is 0. The quantitative estimate of drug-likeness (QED) is 0.903. The maximum absolute atomic E-state index is 6.14. The zero-order chi connectivity index (χ0) is 13.2. The van der Waals surface area contributed by atoms with Crippen LogP contribution in [0, 0.1) is 0 Å². The lowest BCUT2D eigenvalue weighted by Gasteiger charge is -2.16. The molecule has 0 heterocycles. The third-order valence-corrected chi connectivity index (χ3v) is 3.74. The van der Waals surface area contributed by atoms with Crippen molar-refractivity contribution < 1.29 is 4.74 Å². The van der Waals surface area contributed by atoms with Crippen LogP contribution in [0.5, 0.6) is 5.75 Å². The van der Waals surface area contributed by atoms with Gasteiger partial charge in [0, 0.05) is 6.04 Å². The van der Waals surface area contributed by atoms with Gasteiger partial charge >= 0.3 is 0 Å². The molecule has 0 amide bonds. The smallest absolute Gasteiger partial charge is 0.124 e. The van der Waals surface area contributed by atoms with E-state index in [1.54, 1.807) is 0 Å². The van der Waals surface area contributed by atoms with E-state index in [0.717, 1.165) is 24.2 Å². The summed E-state index contributed by atoms with van der Waals surface area (Å²) in [5.74, 6) is 0.913. The van der Waals surface area contributed by atoms with Crippen molar-refractivity contribution >= 4 is 0 Å². The fourth-order valence-corrected chi connectivity index (χ4v) is 2.68. The summed E-state index contributed by atoms with van der Waals surface area (Å²) in [6, 6.07) is 16.7. The number of hydrogen-bond acceptors (Lipinski definition) is 2. The summed E-state index contributed by atoms with van der Waals surface area (Å²) < 4.78 is 6.14. The molecule has 0 radical (unpaired) electrons. The Hall–Kier alpha value is -1.80. The van der Waals surface area contributed by atoms with Crippen molar-refractivity contribution in [3.8, 4) is 5.75 Å². The second-order valence-corrected chi connectivity index (χ2v) is 5.21. The van der Waals surface area contributed by atoms with E-state index < -0.39 is 0 Å². The molecule has 1 aliphatic rings. The van der Waals surface area contributed by atoms with Crippen LogP contribution in [-0.4, -0.2) is 0 Å². The number of fused-ring (bicyclic) bond motifs is 1. The Morgan fingerprint density at radius 3 is 2.84 bits per heavy atom. The lowest BCUT2D eigenvalue weighted by atomic mass is 10.1. The molecule has 2 N–H and O–H groups in total. The molecule has 19 heavy (non-hydrogen) atoms. The van der Waals surface area contributed by atoms with E-state index in [2.05, 4.69) is 24.3 Å². The van der Waals surface area contributed by atoms with Gasteiger partial charge in [0.1, 0.15) is 11.9 Å². The fraction of sp³-hybridized carbons (Fsp3) is 0.294. The standard InChI is InChI=1S/C17H19NO/c1-12(18)14-6-4-7-15(11-14)19-17-10-9-13-5-2-3-8-16(13)17/h2-8,11-12,17H,9-10,18H2,1H3. The normalized spacial score (nSPS) is 18.9. The van der Waals surface area contributed by atoms with E-state index in [9.17, 15) is 0 Å². The highest BCUT2D eigenvalue weighted by Gasteiger charge is 2.23. The molecule has 2 aromatic rings. The van der Waals surface area contributed by atoms with Crippen LogP contribution >= 0.6 is 0 Å². The van der Waals surface area contributed by atoms with Crippen LogP contribution in [0.25, 0.3) is 0 Å². The molecule has 98 valence electrons. The average Bonchev–Trinajstić information content (AvgIpc) is 2.83. The summed E-state index contributed by atoms with van der Waals surface area (Å²) in [6.07, 6.45) is 2.34. The maximum Gasteiger partial charge on any atom is 0.124 e.